The lowest BCUT2D eigenvalue weighted by Gasteiger charge is -2.48. The summed E-state index contributed by atoms with van der Waals surface area (Å²) in [5.74, 6) is 0. The van der Waals surface area contributed by atoms with Crippen LogP contribution in [0.3, 0.4) is 0 Å². The number of hydrogen-bond acceptors (Lipinski definition) is 5. The van der Waals surface area contributed by atoms with Gasteiger partial charge < -0.3 is 23.1 Å². The molecule has 0 unspecified atom stereocenters. The molecule has 1 saturated heterocycles. The average Bonchev–Trinajstić information content (AvgIpc) is 2.41. The summed E-state index contributed by atoms with van der Waals surface area (Å²) in [7, 11) is -5.64. The third-order valence-electron chi connectivity index (χ3n) is 4.98. The summed E-state index contributed by atoms with van der Waals surface area (Å²) in [5.41, 5.74) is 0. The molecule has 0 saturated carbocycles. The van der Waals surface area contributed by atoms with E-state index in [1.165, 1.54) is 0 Å². The number of alkyl halides is 1. The Morgan fingerprint density at radius 2 is 1.33 bits per heavy atom. The lowest BCUT2D eigenvalue weighted by Crippen LogP contribution is -2.62. The van der Waals surface area contributed by atoms with E-state index in [1.807, 2.05) is 0 Å². The molecule has 0 aromatic heterocycles. The molecule has 162 valence electrons. The Kier molecular flexibility index (Phi) is 8.63. The van der Waals surface area contributed by atoms with E-state index < -0.39 is 31.2 Å². The number of ether oxygens (including phenoxy) is 1. The molecular weight excluding hydrogens is 460 g/mol. The molecule has 0 radical (unpaired) electrons. The Labute approximate surface area is 178 Å². The maximum atomic E-state index is 10.5. The molecule has 1 rings (SSSR count). The third-order valence-corrected chi connectivity index (χ3v) is 12.4. The molecule has 5 nitrogen and oxygen atoms in total. The predicted molar refractivity (Wildman–Crippen MR) is 123 cm³/mol. The fraction of sp³-hybridized carbons (Fsp3) is 1.00. The topological polar surface area (TPSA) is 57.2 Å². The highest BCUT2D eigenvalue weighted by molar-refractivity contribution is 9.09. The predicted octanol–water partition coefficient (Wildman–Crippen LogP) is 4.93. The number of aliphatic hydroxyl groups is 1. The standard InChI is InChI=1S/C18H41BrO5Si3/c1-18(2,3)27(10,11)21-12-13-15(23-25(4,5)6)16(24-26(7,8)9)14(19)17(20)22-13/h13-17,20H,12H2,1-11H3/t13-,14-,15+,16-,17-/m1/s1. The van der Waals surface area contributed by atoms with E-state index in [1.54, 1.807) is 0 Å². The zero-order chi connectivity index (χ0) is 21.4. The Balaban J connectivity index is 3.10. The molecule has 5 atom stereocenters. The maximum Gasteiger partial charge on any atom is 0.192 e. The van der Waals surface area contributed by atoms with Gasteiger partial charge in [-0.1, -0.05) is 36.7 Å². The molecule has 9 heteroatoms. The summed E-state index contributed by atoms with van der Waals surface area (Å²) >= 11 is 3.60. The zero-order valence-electron chi connectivity index (χ0n) is 19.1. The van der Waals surface area contributed by atoms with Crippen molar-refractivity contribution < 1.29 is 23.1 Å². The van der Waals surface area contributed by atoms with Crippen LogP contribution in [0.1, 0.15) is 20.8 Å². The molecular formula is C18H41BrO5Si3. The highest BCUT2D eigenvalue weighted by atomic mass is 79.9. The second-order valence-electron chi connectivity index (χ2n) is 11.0. The second kappa shape index (κ2) is 8.97. The maximum absolute atomic E-state index is 10.5. The smallest absolute Gasteiger partial charge is 0.192 e. The Hall–Kier alpha value is 0.931. The second-order valence-corrected chi connectivity index (χ2v) is 25.8. The van der Waals surface area contributed by atoms with Crippen molar-refractivity contribution in [2.75, 3.05) is 6.61 Å². The van der Waals surface area contributed by atoms with E-state index in [0.717, 1.165) is 0 Å². The van der Waals surface area contributed by atoms with Crippen LogP contribution in [-0.2, 0) is 18.0 Å². The van der Waals surface area contributed by atoms with Crippen molar-refractivity contribution in [3.8, 4) is 0 Å². The van der Waals surface area contributed by atoms with Gasteiger partial charge in [-0.15, -0.1) is 0 Å². The fourth-order valence-electron chi connectivity index (χ4n) is 2.62. The van der Waals surface area contributed by atoms with Gasteiger partial charge in [-0.2, -0.15) is 0 Å². The first-order valence-electron chi connectivity index (χ1n) is 9.81. The quantitative estimate of drug-likeness (QED) is 0.396. The van der Waals surface area contributed by atoms with Gasteiger partial charge in [0.15, 0.2) is 31.2 Å². The van der Waals surface area contributed by atoms with Gasteiger partial charge in [0.1, 0.15) is 6.10 Å². The normalized spacial score (nSPS) is 31.2. The number of halogens is 1. The molecule has 0 amide bonds. The Morgan fingerprint density at radius 3 is 1.74 bits per heavy atom. The van der Waals surface area contributed by atoms with E-state index in [9.17, 15) is 5.11 Å². The van der Waals surface area contributed by atoms with Crippen molar-refractivity contribution in [1.82, 2.24) is 0 Å². The largest absolute Gasteiger partial charge is 0.414 e. The molecule has 0 aliphatic carbocycles. The van der Waals surface area contributed by atoms with E-state index in [2.05, 4.69) is 89.1 Å². The summed E-state index contributed by atoms with van der Waals surface area (Å²) in [4.78, 5) is -0.324. The van der Waals surface area contributed by atoms with Gasteiger partial charge >= 0.3 is 0 Å². The number of hydrogen-bond donors (Lipinski definition) is 1. The first-order chi connectivity index (χ1) is 11.8. The van der Waals surface area contributed by atoms with Crippen LogP contribution in [-0.4, -0.2) is 66.1 Å². The average molecular weight is 502 g/mol. The van der Waals surface area contributed by atoms with Crippen LogP contribution in [0, 0.1) is 0 Å². The van der Waals surface area contributed by atoms with Gasteiger partial charge in [0.05, 0.1) is 23.6 Å². The van der Waals surface area contributed by atoms with Crippen molar-refractivity contribution in [3.05, 3.63) is 0 Å². The number of aliphatic hydroxyl groups excluding tert-OH is 1. The molecule has 0 aromatic carbocycles. The van der Waals surface area contributed by atoms with Crippen molar-refractivity contribution in [2.45, 2.75) is 108 Å². The summed E-state index contributed by atoms with van der Waals surface area (Å²) in [6.45, 7) is 24.5. The van der Waals surface area contributed by atoms with Gasteiger partial charge in [0, 0.05) is 0 Å². The van der Waals surface area contributed by atoms with Crippen LogP contribution in [0.5, 0.6) is 0 Å². The van der Waals surface area contributed by atoms with Gasteiger partial charge in [-0.25, -0.2) is 0 Å². The molecule has 1 heterocycles. The van der Waals surface area contributed by atoms with Crippen molar-refractivity contribution in [2.24, 2.45) is 0 Å². The molecule has 0 bridgehead atoms. The lowest BCUT2D eigenvalue weighted by atomic mass is 10.0. The molecule has 27 heavy (non-hydrogen) atoms. The first kappa shape index (κ1) is 26.0. The van der Waals surface area contributed by atoms with Crippen LogP contribution in [0.15, 0.2) is 0 Å². The molecule has 1 aliphatic rings. The van der Waals surface area contributed by atoms with E-state index >= 15 is 0 Å². The van der Waals surface area contributed by atoms with Crippen LogP contribution in [0.25, 0.3) is 0 Å². The van der Waals surface area contributed by atoms with E-state index in [0.29, 0.717) is 6.61 Å². The summed E-state index contributed by atoms with van der Waals surface area (Å²) < 4.78 is 25.3. The SMILES string of the molecule is CC(C)(C)[Si](C)(C)OC[C@H]1O[C@@H](O)[C@H](Br)[C@@H](O[Si](C)(C)C)[C@H]1O[Si](C)(C)C. The fourth-order valence-corrected chi connectivity index (χ4v) is 6.57. The van der Waals surface area contributed by atoms with Crippen molar-refractivity contribution in [1.29, 1.82) is 0 Å². The van der Waals surface area contributed by atoms with E-state index in [4.69, 9.17) is 18.0 Å². The van der Waals surface area contributed by atoms with E-state index in [-0.39, 0.29) is 28.2 Å². The third kappa shape index (κ3) is 7.93. The van der Waals surface area contributed by atoms with Crippen LogP contribution >= 0.6 is 15.9 Å². The van der Waals surface area contributed by atoms with Crippen LogP contribution in [0.2, 0.25) is 57.4 Å². The highest BCUT2D eigenvalue weighted by Gasteiger charge is 2.49. The molecule has 0 spiro atoms. The monoisotopic (exact) mass is 500 g/mol. The van der Waals surface area contributed by atoms with Crippen LogP contribution < -0.4 is 0 Å². The van der Waals surface area contributed by atoms with Crippen molar-refractivity contribution >= 4 is 40.9 Å². The molecule has 1 fully saturated rings. The van der Waals surface area contributed by atoms with Crippen LogP contribution in [0.4, 0.5) is 0 Å². The van der Waals surface area contributed by atoms with Gasteiger partial charge in [-0.3, -0.25) is 0 Å². The summed E-state index contributed by atoms with van der Waals surface area (Å²) in [5, 5.41) is 10.6. The lowest BCUT2D eigenvalue weighted by molar-refractivity contribution is -0.225. The minimum absolute atomic E-state index is 0.113. The highest BCUT2D eigenvalue weighted by Crippen LogP contribution is 2.38. The summed E-state index contributed by atoms with van der Waals surface area (Å²) in [6.07, 6.45) is -1.82. The molecule has 1 aliphatic heterocycles. The Morgan fingerprint density at radius 1 is 0.889 bits per heavy atom. The minimum Gasteiger partial charge on any atom is -0.414 e. The first-order valence-corrected chi connectivity index (χ1v) is 20.5. The Bertz CT molecular complexity index is 485. The minimum atomic E-state index is -1.93. The molecule has 1 N–H and O–H groups in total. The molecule has 0 aromatic rings. The zero-order valence-corrected chi connectivity index (χ0v) is 23.6. The van der Waals surface area contributed by atoms with Gasteiger partial charge in [0.25, 0.3) is 0 Å². The number of rotatable bonds is 7. The van der Waals surface area contributed by atoms with Gasteiger partial charge in [0.2, 0.25) is 0 Å². The van der Waals surface area contributed by atoms with Gasteiger partial charge in [-0.05, 0) is 57.4 Å². The summed E-state index contributed by atoms with van der Waals surface area (Å²) in [6, 6.07) is 0. The van der Waals surface area contributed by atoms with Crippen molar-refractivity contribution in [3.63, 3.8) is 0 Å².